The van der Waals surface area contributed by atoms with Gasteiger partial charge in [-0.2, -0.15) is 0 Å². The summed E-state index contributed by atoms with van der Waals surface area (Å²) in [6, 6.07) is 5.95. The molecule has 232 valence electrons. The van der Waals surface area contributed by atoms with Gasteiger partial charge in [-0.1, -0.05) is 26.0 Å². The summed E-state index contributed by atoms with van der Waals surface area (Å²) in [6.45, 7) is 13.3. The van der Waals surface area contributed by atoms with Crippen LogP contribution >= 0.6 is 24.8 Å². The average Bonchev–Trinajstić information content (AvgIpc) is 2.92. The topological polar surface area (TPSA) is 114 Å². The van der Waals surface area contributed by atoms with Crippen LogP contribution in [0.2, 0.25) is 0 Å². The lowest BCUT2D eigenvalue weighted by atomic mass is 9.80. The maximum absolute atomic E-state index is 13.6. The van der Waals surface area contributed by atoms with Crippen molar-refractivity contribution >= 4 is 42.4 Å². The zero-order valence-electron chi connectivity index (χ0n) is 24.9. The van der Waals surface area contributed by atoms with E-state index in [1.165, 1.54) is 25.3 Å². The standard InChI is InChI=1S/C30H40N4O6.2ClH/c1-7-8-9-13-32-14-16-33(17-15-32)19-30(4,5)20-40-29(36)26-22(3)31-21(2)25(28(35)39-6)27(26)23-11-10-12-24(18-23)34(37)38;;/h1,10-12,18,27,31H,8-9,13-17,19-20H2,2-6H3;2*1H. The lowest BCUT2D eigenvalue weighted by Crippen LogP contribution is -2.49. The third-order valence-electron chi connectivity index (χ3n) is 7.31. The minimum atomic E-state index is -0.883. The van der Waals surface area contributed by atoms with Gasteiger partial charge in [0.25, 0.3) is 5.69 Å². The highest BCUT2D eigenvalue weighted by molar-refractivity contribution is 5.99. The van der Waals surface area contributed by atoms with Crippen molar-refractivity contribution in [2.75, 3.05) is 53.0 Å². The third-order valence-corrected chi connectivity index (χ3v) is 7.31. The predicted molar refractivity (Wildman–Crippen MR) is 167 cm³/mol. The van der Waals surface area contributed by atoms with Crippen LogP contribution in [0.4, 0.5) is 5.69 Å². The van der Waals surface area contributed by atoms with Crippen LogP contribution < -0.4 is 5.32 Å². The monoisotopic (exact) mass is 624 g/mol. The van der Waals surface area contributed by atoms with Gasteiger partial charge < -0.3 is 24.6 Å². The average molecular weight is 626 g/mol. The van der Waals surface area contributed by atoms with Crippen LogP contribution in [0.15, 0.2) is 46.8 Å². The fourth-order valence-corrected chi connectivity index (χ4v) is 5.36. The van der Waals surface area contributed by atoms with Gasteiger partial charge in [0, 0.05) is 68.1 Å². The number of nitrogens with zero attached hydrogens (tertiary/aromatic N) is 3. The van der Waals surface area contributed by atoms with Crippen molar-refractivity contribution in [3.63, 3.8) is 0 Å². The number of halogens is 2. The van der Waals surface area contributed by atoms with E-state index in [4.69, 9.17) is 15.9 Å². The number of methoxy groups -OCH3 is 1. The van der Waals surface area contributed by atoms with Crippen molar-refractivity contribution in [1.82, 2.24) is 15.1 Å². The Labute approximate surface area is 260 Å². The number of dihydropyridines is 1. The number of esters is 2. The number of nitro benzene ring substituents is 1. The summed E-state index contributed by atoms with van der Waals surface area (Å²) < 4.78 is 10.9. The van der Waals surface area contributed by atoms with Gasteiger partial charge in [0.05, 0.1) is 35.7 Å². The molecule has 1 aromatic carbocycles. The molecule has 0 saturated carbocycles. The van der Waals surface area contributed by atoms with Gasteiger partial charge in [0.15, 0.2) is 0 Å². The fraction of sp³-hybridized carbons (Fsp3) is 0.533. The number of hydrogen-bond donors (Lipinski definition) is 1. The smallest absolute Gasteiger partial charge is 0.336 e. The first-order valence-electron chi connectivity index (χ1n) is 13.5. The molecule has 3 rings (SSSR count). The Balaban J connectivity index is 0.00000441. The number of piperazine rings is 1. The second-order valence-corrected chi connectivity index (χ2v) is 11.1. The van der Waals surface area contributed by atoms with Crippen LogP contribution in [0.3, 0.4) is 0 Å². The van der Waals surface area contributed by atoms with Crippen molar-refractivity contribution in [2.24, 2.45) is 5.41 Å². The zero-order chi connectivity index (χ0) is 29.4. The van der Waals surface area contributed by atoms with E-state index in [9.17, 15) is 19.7 Å². The SMILES string of the molecule is C#CCCCN1CCN(CC(C)(C)COC(=O)C2=C(C)NC(C)=C(C(=O)OC)C2c2cccc([N+](=O)[O-])c2)CC1.Cl.Cl. The Hall–Kier alpha value is -3.10. The van der Waals surface area contributed by atoms with Gasteiger partial charge in [0.1, 0.15) is 0 Å². The van der Waals surface area contributed by atoms with E-state index in [0.29, 0.717) is 17.0 Å². The van der Waals surface area contributed by atoms with E-state index >= 15 is 0 Å². The number of rotatable bonds is 11. The molecule has 0 aliphatic carbocycles. The molecule has 2 aliphatic rings. The molecule has 1 aromatic rings. The van der Waals surface area contributed by atoms with Crippen LogP contribution in [0.5, 0.6) is 0 Å². The Bertz CT molecular complexity index is 1230. The molecule has 1 atom stereocenters. The maximum atomic E-state index is 13.6. The molecule has 0 bridgehead atoms. The van der Waals surface area contributed by atoms with Gasteiger partial charge in [0.2, 0.25) is 0 Å². The number of ether oxygens (including phenoxy) is 2. The van der Waals surface area contributed by atoms with Crippen molar-refractivity contribution in [3.05, 3.63) is 62.5 Å². The quantitative estimate of drug-likeness (QED) is 0.125. The molecule has 0 aromatic heterocycles. The first-order chi connectivity index (χ1) is 19.0. The van der Waals surface area contributed by atoms with Gasteiger partial charge in [-0.05, 0) is 32.4 Å². The molecule has 1 unspecified atom stereocenters. The Morgan fingerprint density at radius 1 is 1.10 bits per heavy atom. The number of unbranched alkanes of at least 4 members (excludes halogenated alkanes) is 1. The number of nitrogens with one attached hydrogen (secondary N) is 1. The summed E-state index contributed by atoms with van der Waals surface area (Å²) >= 11 is 0. The summed E-state index contributed by atoms with van der Waals surface area (Å²) in [5, 5.41) is 14.6. The number of non-ortho nitro benzene ring substituents is 1. The number of nitro groups is 1. The predicted octanol–water partition coefficient (Wildman–Crippen LogP) is 4.45. The van der Waals surface area contributed by atoms with Crippen molar-refractivity contribution < 1.29 is 24.0 Å². The van der Waals surface area contributed by atoms with Gasteiger partial charge in [-0.25, -0.2) is 9.59 Å². The van der Waals surface area contributed by atoms with E-state index in [1.54, 1.807) is 19.9 Å². The number of carbonyl (C=O) groups excluding carboxylic acids is 2. The molecule has 42 heavy (non-hydrogen) atoms. The largest absolute Gasteiger partial charge is 0.466 e. The molecule has 2 aliphatic heterocycles. The van der Waals surface area contributed by atoms with Crippen molar-refractivity contribution in [2.45, 2.75) is 46.5 Å². The molecule has 0 spiro atoms. The van der Waals surface area contributed by atoms with Crippen LogP contribution in [0.1, 0.15) is 52.0 Å². The summed E-state index contributed by atoms with van der Waals surface area (Å²) in [7, 11) is 1.26. The van der Waals surface area contributed by atoms with Crippen LogP contribution in [-0.2, 0) is 19.1 Å². The Kier molecular flexibility index (Phi) is 14.5. The summed E-state index contributed by atoms with van der Waals surface area (Å²) in [6.07, 6.45) is 7.16. The number of carbonyl (C=O) groups is 2. The Morgan fingerprint density at radius 3 is 2.26 bits per heavy atom. The fourth-order valence-electron chi connectivity index (χ4n) is 5.36. The van der Waals surface area contributed by atoms with E-state index in [1.807, 2.05) is 0 Å². The first-order valence-corrected chi connectivity index (χ1v) is 13.5. The van der Waals surface area contributed by atoms with E-state index < -0.39 is 22.8 Å². The Morgan fingerprint density at radius 2 is 1.69 bits per heavy atom. The van der Waals surface area contributed by atoms with E-state index in [-0.39, 0.29) is 53.7 Å². The number of allylic oxidation sites excluding steroid dienone is 2. The van der Waals surface area contributed by atoms with Crippen LogP contribution in [0, 0.1) is 27.9 Å². The van der Waals surface area contributed by atoms with E-state index in [2.05, 4.69) is 34.9 Å². The number of benzene rings is 1. The molecule has 12 heteroatoms. The lowest BCUT2D eigenvalue weighted by Gasteiger charge is -2.39. The molecule has 0 radical (unpaired) electrons. The van der Waals surface area contributed by atoms with Crippen LogP contribution in [0.25, 0.3) is 0 Å². The highest BCUT2D eigenvalue weighted by Gasteiger charge is 2.39. The summed E-state index contributed by atoms with van der Waals surface area (Å²) in [5.41, 5.74) is 1.43. The zero-order valence-corrected chi connectivity index (χ0v) is 26.6. The molecule has 1 saturated heterocycles. The minimum absolute atomic E-state index is 0. The lowest BCUT2D eigenvalue weighted by molar-refractivity contribution is -0.384. The second kappa shape index (κ2) is 16.5. The molecule has 0 amide bonds. The summed E-state index contributed by atoms with van der Waals surface area (Å²) in [4.78, 5) is 42.2. The third kappa shape index (κ3) is 9.46. The molecular formula is C30H42Cl2N4O6. The van der Waals surface area contributed by atoms with E-state index in [0.717, 1.165) is 52.1 Å². The van der Waals surface area contributed by atoms with Gasteiger partial charge in [-0.15, -0.1) is 37.2 Å². The highest BCUT2D eigenvalue weighted by atomic mass is 35.5. The normalized spacial score (nSPS) is 17.8. The molecule has 1 fully saturated rings. The number of terminal acetylenes is 1. The van der Waals surface area contributed by atoms with Crippen molar-refractivity contribution in [1.29, 1.82) is 0 Å². The molecule has 2 heterocycles. The number of hydrogen-bond acceptors (Lipinski definition) is 9. The van der Waals surface area contributed by atoms with Gasteiger partial charge in [-0.3, -0.25) is 10.1 Å². The maximum Gasteiger partial charge on any atom is 0.336 e. The minimum Gasteiger partial charge on any atom is -0.466 e. The van der Waals surface area contributed by atoms with Crippen LogP contribution in [-0.4, -0.2) is 79.6 Å². The highest BCUT2D eigenvalue weighted by Crippen LogP contribution is 2.40. The summed E-state index contributed by atoms with van der Waals surface area (Å²) in [5.74, 6) is 0.599. The molecule has 1 N–H and O–H groups in total. The first kappa shape index (κ1) is 36.9. The molecular weight excluding hydrogens is 583 g/mol. The van der Waals surface area contributed by atoms with Gasteiger partial charge >= 0.3 is 11.9 Å². The molecule has 10 nitrogen and oxygen atoms in total. The van der Waals surface area contributed by atoms with Crippen molar-refractivity contribution in [3.8, 4) is 12.3 Å². The second-order valence-electron chi connectivity index (χ2n) is 11.1.